The Morgan fingerprint density at radius 3 is 1.95 bits per heavy atom. The third-order valence-electron chi connectivity index (χ3n) is 6.07. The van der Waals surface area contributed by atoms with Gasteiger partial charge in [0.15, 0.2) is 0 Å². The molecule has 2 aromatic carbocycles. The largest absolute Gasteiger partial charge is 3.00 e. The molecule has 1 aromatic heterocycles. The van der Waals surface area contributed by atoms with Crippen molar-refractivity contribution in [1.82, 2.24) is 10.3 Å². The fourth-order valence-electron chi connectivity index (χ4n) is 3.22. The first-order chi connectivity index (χ1) is 18.9. The Hall–Kier alpha value is -3.57. The molecule has 0 spiro atoms. The molecule has 10 heteroatoms. The van der Waals surface area contributed by atoms with E-state index in [2.05, 4.69) is 21.7 Å². The van der Waals surface area contributed by atoms with Crippen molar-refractivity contribution in [3.63, 3.8) is 0 Å². The summed E-state index contributed by atoms with van der Waals surface area (Å²) in [6.45, 7) is 12.4. The van der Waals surface area contributed by atoms with Gasteiger partial charge in [-0.2, -0.15) is 0 Å². The van der Waals surface area contributed by atoms with Crippen LogP contribution < -0.4 is 11.1 Å². The van der Waals surface area contributed by atoms with Gasteiger partial charge in [0.05, 0.1) is 30.4 Å². The van der Waals surface area contributed by atoms with Gasteiger partial charge in [-0.3, -0.25) is 14.4 Å². The average Bonchev–Trinajstić information content (AvgIpc) is 2.92. The second-order valence-electron chi connectivity index (χ2n) is 9.30. The van der Waals surface area contributed by atoms with Gasteiger partial charge in [-0.05, 0) is 38.6 Å². The summed E-state index contributed by atoms with van der Waals surface area (Å²) >= 11 is 0. The van der Waals surface area contributed by atoms with Crippen LogP contribution in [0.3, 0.4) is 0 Å². The van der Waals surface area contributed by atoms with E-state index < -0.39 is 0 Å². The Bertz CT molecular complexity index is 1340. The summed E-state index contributed by atoms with van der Waals surface area (Å²) in [4.78, 5) is 34.6. The van der Waals surface area contributed by atoms with Crippen molar-refractivity contribution < 1.29 is 41.4 Å². The van der Waals surface area contributed by atoms with Crippen molar-refractivity contribution in [1.29, 1.82) is 0 Å². The minimum absolute atomic E-state index is 0. The number of rotatable bonds is 9. The molecular formula is C31H45CoN4O5+6. The van der Waals surface area contributed by atoms with Crippen LogP contribution in [0.2, 0.25) is 0 Å². The number of aromatic nitrogens is 1. The van der Waals surface area contributed by atoms with E-state index in [4.69, 9.17) is 25.5 Å². The van der Waals surface area contributed by atoms with Gasteiger partial charge in [0, 0.05) is 31.2 Å². The second-order valence-corrected chi connectivity index (χ2v) is 9.30. The molecule has 222 valence electrons. The van der Waals surface area contributed by atoms with Gasteiger partial charge in [-0.1, -0.05) is 36.8 Å². The Morgan fingerprint density at radius 1 is 0.878 bits per heavy atom. The summed E-state index contributed by atoms with van der Waals surface area (Å²) in [5.74, 6) is 1.22. The van der Waals surface area contributed by atoms with Crippen molar-refractivity contribution in [2.45, 2.75) is 48.0 Å². The predicted octanol–water partition coefficient (Wildman–Crippen LogP) is 3.98. The molecule has 1 heterocycles. The summed E-state index contributed by atoms with van der Waals surface area (Å²) in [6, 6.07) is 15.7. The molecule has 0 aliphatic rings. The molecule has 3 rings (SSSR count). The number of benzene rings is 2. The molecule has 0 unspecified atom stereocenters. The van der Waals surface area contributed by atoms with E-state index in [0.717, 1.165) is 34.8 Å². The van der Waals surface area contributed by atoms with Gasteiger partial charge < -0.3 is 26.6 Å². The molecule has 0 aliphatic carbocycles. The Morgan fingerprint density at radius 2 is 1.44 bits per heavy atom. The number of ketones is 2. The fourth-order valence-corrected chi connectivity index (χ4v) is 3.22. The number of nitrogens with one attached hydrogen (secondary N) is 1. The van der Waals surface area contributed by atoms with Crippen LogP contribution in [0.25, 0.3) is 27.1 Å². The number of nitrogens with zero attached hydrogens (tertiary/aromatic N) is 2. The van der Waals surface area contributed by atoms with Crippen LogP contribution in [0.4, 0.5) is 0 Å². The summed E-state index contributed by atoms with van der Waals surface area (Å²) in [6.07, 6.45) is 0.812. The molecule has 0 radical (unpaired) electrons. The topological polar surface area (TPSA) is 171 Å². The molecule has 1 amide bonds. The number of hydrogen-bond donors (Lipinski definition) is 2. The van der Waals surface area contributed by atoms with E-state index >= 15 is 0 Å². The van der Waals surface area contributed by atoms with Crippen molar-refractivity contribution in [3.05, 3.63) is 82.1 Å². The molecule has 41 heavy (non-hydrogen) atoms. The van der Waals surface area contributed by atoms with Gasteiger partial charge in [0.1, 0.15) is 11.1 Å². The number of nitrogens with two attached hydrogens (primary N) is 1. The fraction of sp³-hybridized carbons (Fsp3) is 0.355. The van der Waals surface area contributed by atoms with Gasteiger partial charge >= 0.3 is 28.3 Å². The normalized spacial score (nSPS) is 11.5. The van der Waals surface area contributed by atoms with Crippen LogP contribution in [0, 0.1) is 0 Å². The Balaban J connectivity index is 0.000000781. The third kappa shape index (κ3) is 13.1. The molecule has 0 aliphatic heterocycles. The molecule has 0 fully saturated rings. The zero-order chi connectivity index (χ0) is 30.2. The van der Waals surface area contributed by atoms with E-state index in [0.29, 0.717) is 47.9 Å². The van der Waals surface area contributed by atoms with Gasteiger partial charge in [0.2, 0.25) is 11.5 Å². The smallest absolute Gasteiger partial charge is 0.661 e. The predicted molar refractivity (Wildman–Crippen MR) is 168 cm³/mol. The van der Waals surface area contributed by atoms with Crippen LogP contribution in [-0.4, -0.2) is 68.4 Å². The maximum absolute atomic E-state index is 12.5. The minimum Gasteiger partial charge on any atom is -0.661 e. The number of carbonyl (C=O) groups excluding carboxylic acids is 3. The van der Waals surface area contributed by atoms with E-state index in [-0.39, 0.29) is 34.3 Å². The van der Waals surface area contributed by atoms with Crippen LogP contribution in [-0.2, 0) is 16.8 Å². The number of hydrogen-bond acceptors (Lipinski definition) is 3. The van der Waals surface area contributed by atoms with Crippen LogP contribution in [0.15, 0.2) is 71.2 Å². The molecule has 0 saturated heterocycles. The Labute approximate surface area is 252 Å². The molecule has 0 atom stereocenters. The summed E-state index contributed by atoms with van der Waals surface area (Å²) in [5.41, 5.74) is 8.94. The zero-order valence-electron chi connectivity index (χ0n) is 24.8. The summed E-state index contributed by atoms with van der Waals surface area (Å²) in [7, 11) is 0. The maximum atomic E-state index is 12.5. The number of pyridine rings is 1. The molecule has 0 saturated carbocycles. The van der Waals surface area contributed by atoms with Crippen molar-refractivity contribution in [2.75, 3.05) is 26.2 Å². The molecule has 3 aromatic rings. The Kier molecular flexibility index (Phi) is 17.8. The molecule has 0 bridgehead atoms. The first kappa shape index (κ1) is 37.4. The van der Waals surface area contributed by atoms with E-state index in [1.807, 2.05) is 42.5 Å². The zero-order valence-corrected chi connectivity index (χ0v) is 25.8. The monoisotopic (exact) mass is 612 g/mol. The van der Waals surface area contributed by atoms with Crippen LogP contribution in [0.1, 0.15) is 58.3 Å². The standard InChI is InChI=1S/C19H21N4O.2C6H10O2.Co/c20-9-12-21-10-4-11-22-19(24)16-7-3-6-15-13-14-5-1-2-8-17(14)23-18(15)16;2*1-4(5(2)7)6(3)8;/h1-3,5-8,13H,4,9-12,20H2,(H,22,24);2*7H,1-3H3;/q-1;;;+3/p+4. The van der Waals surface area contributed by atoms with Crippen molar-refractivity contribution in [2.24, 2.45) is 5.73 Å². The second kappa shape index (κ2) is 19.5. The average molecular weight is 613 g/mol. The SMILES string of the molecule is CC(=[OH+])C(C)=C(C)[OH2+].CC(=[OH+])C(C)=C(C)[OH2+].NCC[N-]CCCNC(=O)c1cccc2cc3ccccc3nc12.[Co+3]. The number of carbonyl (C=O) groups is 1. The van der Waals surface area contributed by atoms with Gasteiger partial charge in [-0.25, -0.2) is 4.98 Å². The maximum Gasteiger partial charge on any atom is 3.00 e. The van der Waals surface area contributed by atoms with Crippen LogP contribution >= 0.6 is 0 Å². The van der Waals surface area contributed by atoms with Gasteiger partial charge in [-0.15, -0.1) is 13.1 Å². The summed E-state index contributed by atoms with van der Waals surface area (Å²) < 4.78 is 0. The number of allylic oxidation sites excluding steroid dienone is 4. The quantitative estimate of drug-likeness (QED) is 0.123. The third-order valence-corrected chi connectivity index (χ3v) is 6.07. The molecular weight excluding hydrogens is 567 g/mol. The molecule has 9 N–H and O–H groups in total. The van der Waals surface area contributed by atoms with Crippen LogP contribution in [0.5, 0.6) is 0 Å². The van der Waals surface area contributed by atoms with E-state index in [1.54, 1.807) is 41.5 Å². The van der Waals surface area contributed by atoms with E-state index in [9.17, 15) is 4.79 Å². The summed E-state index contributed by atoms with van der Waals surface area (Å²) in [5, 5.41) is 23.3. The first-order valence-electron chi connectivity index (χ1n) is 13.1. The van der Waals surface area contributed by atoms with Crippen molar-refractivity contribution in [3.8, 4) is 0 Å². The van der Waals surface area contributed by atoms with E-state index in [1.165, 1.54) is 0 Å². The number of amides is 1. The minimum atomic E-state index is -0.0952. The first-order valence-corrected chi connectivity index (χ1v) is 13.1. The molecule has 9 nitrogen and oxygen atoms in total. The van der Waals surface area contributed by atoms with Crippen molar-refractivity contribution >= 4 is 39.3 Å². The number of fused-ring (bicyclic) bond motifs is 2. The number of para-hydroxylation sites is 2. The van der Waals surface area contributed by atoms with Gasteiger partial charge in [0.25, 0.3) is 5.91 Å².